The van der Waals surface area contributed by atoms with Crippen molar-refractivity contribution in [2.45, 2.75) is 32.5 Å². The van der Waals surface area contributed by atoms with E-state index >= 15 is 0 Å². The number of thiophene rings is 1. The van der Waals surface area contributed by atoms with Crippen LogP contribution in [0.15, 0.2) is 35.7 Å². The molecule has 2 aromatic rings. The molecule has 12 nitrogen and oxygen atoms in total. The van der Waals surface area contributed by atoms with Crippen LogP contribution < -0.4 is 15.8 Å². The highest BCUT2D eigenvalue weighted by Crippen LogP contribution is 2.21. The normalized spacial score (nSPS) is 13.1. The summed E-state index contributed by atoms with van der Waals surface area (Å²) in [5, 5.41) is 36.6. The molecule has 1 heterocycles. The van der Waals surface area contributed by atoms with E-state index in [9.17, 15) is 37.5 Å². The monoisotopic (exact) mass is 575 g/mol. The van der Waals surface area contributed by atoms with Gasteiger partial charge in [-0.15, -0.1) is 11.3 Å². The molecular weight excluding hydrogens is 551 g/mol. The number of rotatable bonds is 10. The Kier molecular flexibility index (Phi) is 11.6. The Morgan fingerprint density at radius 1 is 1.05 bits per heavy atom. The van der Waals surface area contributed by atoms with Crippen LogP contribution in [0, 0.1) is 17.2 Å². The van der Waals surface area contributed by atoms with Crippen molar-refractivity contribution < 1.29 is 57.2 Å². The van der Waals surface area contributed by atoms with Crippen molar-refractivity contribution in [1.82, 2.24) is 5.32 Å². The van der Waals surface area contributed by atoms with Gasteiger partial charge in [-0.05, 0) is 54.6 Å². The zero-order chi connectivity index (χ0) is 30.1. The van der Waals surface area contributed by atoms with E-state index in [2.05, 4.69) is 5.32 Å². The van der Waals surface area contributed by atoms with Crippen LogP contribution in [0.25, 0.3) is 0 Å². The quantitative estimate of drug-likeness (QED) is 0.105. The van der Waals surface area contributed by atoms with E-state index in [1.54, 1.807) is 30.5 Å². The molecule has 3 unspecified atom stereocenters. The number of esters is 1. The molecular formula is C23H24F3N3O9S. The fourth-order valence-corrected chi connectivity index (χ4v) is 3.53. The van der Waals surface area contributed by atoms with Gasteiger partial charge in [0.25, 0.3) is 0 Å². The second-order valence-corrected chi connectivity index (χ2v) is 8.92. The molecule has 0 spiro atoms. The van der Waals surface area contributed by atoms with Crippen LogP contribution in [-0.4, -0.2) is 63.2 Å². The maximum Gasteiger partial charge on any atom is 0.490 e. The number of ether oxygens (including phenoxy) is 1. The third-order valence-corrected chi connectivity index (χ3v) is 5.88. The zero-order valence-corrected chi connectivity index (χ0v) is 21.1. The first-order chi connectivity index (χ1) is 17.9. The lowest BCUT2D eigenvalue weighted by Gasteiger charge is -2.20. The lowest BCUT2D eigenvalue weighted by molar-refractivity contribution is -0.192. The van der Waals surface area contributed by atoms with Gasteiger partial charge in [0.05, 0.1) is 5.92 Å². The van der Waals surface area contributed by atoms with Crippen molar-refractivity contribution in [3.8, 4) is 5.75 Å². The molecule has 0 aliphatic carbocycles. The summed E-state index contributed by atoms with van der Waals surface area (Å²) in [6, 6.07) is 6.18. The Morgan fingerprint density at radius 3 is 2.03 bits per heavy atom. The van der Waals surface area contributed by atoms with Crippen LogP contribution in [0.2, 0.25) is 0 Å². The number of carbonyl (C=O) groups excluding carboxylic acids is 2. The highest BCUT2D eigenvalue weighted by molar-refractivity contribution is 7.12. The minimum absolute atomic E-state index is 0.101. The van der Waals surface area contributed by atoms with Crippen molar-refractivity contribution >= 4 is 47.0 Å². The number of carboxylic acids is 3. The molecule has 0 saturated carbocycles. The van der Waals surface area contributed by atoms with Crippen LogP contribution in [0.5, 0.6) is 5.75 Å². The first-order valence-electron chi connectivity index (χ1n) is 10.7. The number of nitrogens with two attached hydrogens (primary N) is 1. The molecule has 16 heteroatoms. The number of alkyl halides is 3. The predicted molar refractivity (Wildman–Crippen MR) is 130 cm³/mol. The molecule has 39 heavy (non-hydrogen) atoms. The summed E-state index contributed by atoms with van der Waals surface area (Å²) in [7, 11) is 0. The molecule has 1 aromatic carbocycles. The molecule has 1 aromatic heterocycles. The Balaban J connectivity index is 0.000000956. The number of amides is 1. The largest absolute Gasteiger partial charge is 0.490 e. The molecule has 0 fully saturated rings. The number of aliphatic carboxylic acids is 3. The molecule has 2 rings (SSSR count). The van der Waals surface area contributed by atoms with Gasteiger partial charge in [0, 0.05) is 11.5 Å². The van der Waals surface area contributed by atoms with E-state index in [1.165, 1.54) is 19.1 Å². The Bertz CT molecular complexity index is 1230. The van der Waals surface area contributed by atoms with Gasteiger partial charge >= 0.3 is 30.1 Å². The van der Waals surface area contributed by atoms with E-state index in [-0.39, 0.29) is 18.0 Å². The van der Waals surface area contributed by atoms with E-state index in [4.69, 9.17) is 30.9 Å². The van der Waals surface area contributed by atoms with Crippen LogP contribution in [0.1, 0.15) is 34.6 Å². The minimum atomic E-state index is -5.08. The second-order valence-electron chi connectivity index (χ2n) is 8.01. The van der Waals surface area contributed by atoms with Crippen molar-refractivity contribution in [3.63, 3.8) is 0 Å². The molecule has 0 aliphatic rings. The number of benzene rings is 1. The average molecular weight is 576 g/mol. The SMILES string of the molecule is CC(Cc1csc(C(=O)Oc2ccc(C(=N)N)cc2)c1)C(=O)NC(C(=O)O)C(C)C(=O)O.O=C(O)C(F)(F)F. The van der Waals surface area contributed by atoms with Gasteiger partial charge < -0.3 is 31.1 Å². The van der Waals surface area contributed by atoms with E-state index in [1.807, 2.05) is 0 Å². The van der Waals surface area contributed by atoms with Gasteiger partial charge in [0.2, 0.25) is 5.91 Å². The lowest BCUT2D eigenvalue weighted by Crippen LogP contribution is -2.49. The van der Waals surface area contributed by atoms with Gasteiger partial charge in [0.15, 0.2) is 0 Å². The number of carboxylic acid groups (broad SMARTS) is 3. The van der Waals surface area contributed by atoms with Gasteiger partial charge in [-0.3, -0.25) is 15.0 Å². The van der Waals surface area contributed by atoms with E-state index in [0.29, 0.717) is 16.0 Å². The van der Waals surface area contributed by atoms with Gasteiger partial charge in [0.1, 0.15) is 22.5 Å². The fourth-order valence-electron chi connectivity index (χ4n) is 2.73. The molecule has 212 valence electrons. The average Bonchev–Trinajstić information content (AvgIpc) is 3.30. The number of amidine groups is 1. The lowest BCUT2D eigenvalue weighted by atomic mass is 9.98. The number of nitrogens with one attached hydrogen (secondary N) is 2. The van der Waals surface area contributed by atoms with Crippen LogP contribution >= 0.6 is 11.3 Å². The van der Waals surface area contributed by atoms with Gasteiger partial charge in [-0.25, -0.2) is 14.4 Å². The van der Waals surface area contributed by atoms with Crippen molar-refractivity contribution in [3.05, 3.63) is 51.7 Å². The maximum atomic E-state index is 12.4. The third-order valence-electron chi connectivity index (χ3n) is 4.92. The first-order valence-corrected chi connectivity index (χ1v) is 11.6. The number of hydrogen-bond donors (Lipinski definition) is 6. The first kappa shape index (κ1) is 32.6. The van der Waals surface area contributed by atoms with Gasteiger partial charge in [-0.2, -0.15) is 13.2 Å². The summed E-state index contributed by atoms with van der Waals surface area (Å²) in [6.45, 7) is 2.78. The van der Waals surface area contributed by atoms with Crippen LogP contribution in [0.4, 0.5) is 13.2 Å². The van der Waals surface area contributed by atoms with Crippen molar-refractivity contribution in [2.24, 2.45) is 17.6 Å². The Hall–Kier alpha value is -4.47. The summed E-state index contributed by atoms with van der Waals surface area (Å²) < 4.78 is 37.0. The number of hydrogen-bond acceptors (Lipinski definition) is 8. The molecule has 0 saturated heterocycles. The molecule has 7 N–H and O–H groups in total. The van der Waals surface area contributed by atoms with E-state index < -0.39 is 53.8 Å². The minimum Gasteiger partial charge on any atom is -0.481 e. The van der Waals surface area contributed by atoms with Crippen molar-refractivity contribution in [2.75, 3.05) is 0 Å². The summed E-state index contributed by atoms with van der Waals surface area (Å²) in [4.78, 5) is 56.3. The third kappa shape index (κ3) is 10.4. The summed E-state index contributed by atoms with van der Waals surface area (Å²) >= 11 is 1.13. The summed E-state index contributed by atoms with van der Waals surface area (Å²) in [5.74, 6) is -8.48. The topological polar surface area (TPSA) is 217 Å². The molecule has 1 amide bonds. The summed E-state index contributed by atoms with van der Waals surface area (Å²) in [5.41, 5.74) is 6.56. The highest BCUT2D eigenvalue weighted by Gasteiger charge is 2.38. The van der Waals surface area contributed by atoms with Crippen LogP contribution in [0.3, 0.4) is 0 Å². The molecule has 0 aliphatic heterocycles. The highest BCUT2D eigenvalue weighted by atomic mass is 32.1. The maximum absolute atomic E-state index is 12.4. The molecule has 0 radical (unpaired) electrons. The predicted octanol–water partition coefficient (Wildman–Crippen LogP) is 2.35. The van der Waals surface area contributed by atoms with Gasteiger partial charge in [-0.1, -0.05) is 6.92 Å². The van der Waals surface area contributed by atoms with Crippen LogP contribution in [-0.2, 0) is 25.6 Å². The molecule has 0 bridgehead atoms. The standard InChI is InChI=1S/C21H23N3O7S.C2HF3O2/c1-10(18(25)24-16(20(28)29)11(2)19(26)27)7-12-8-15(32-9-12)21(30)31-14-5-3-13(4-6-14)17(22)23;3-2(4,5)1(6)7/h3-6,8-11,16H,7H2,1-2H3,(H3,22,23)(H,24,25)(H,26,27)(H,28,29);(H,6,7). The zero-order valence-electron chi connectivity index (χ0n) is 20.3. The smallest absolute Gasteiger partial charge is 0.481 e. The Morgan fingerprint density at radius 2 is 1.59 bits per heavy atom. The summed E-state index contributed by atoms with van der Waals surface area (Å²) in [6.07, 6.45) is -4.86. The fraction of sp³-hybridized carbons (Fsp3) is 0.304. The second kappa shape index (κ2) is 13.9. The van der Waals surface area contributed by atoms with E-state index in [0.717, 1.165) is 11.3 Å². The molecule has 3 atom stereocenters. The number of nitrogen functional groups attached to an aromatic ring is 1. The van der Waals surface area contributed by atoms with Crippen molar-refractivity contribution in [1.29, 1.82) is 5.41 Å². The number of carbonyl (C=O) groups is 5. The Labute approximate surface area is 222 Å². The number of halogens is 3.